The van der Waals surface area contributed by atoms with Crippen molar-refractivity contribution in [3.63, 3.8) is 0 Å². The average Bonchev–Trinajstić information content (AvgIpc) is 2.18. The highest BCUT2D eigenvalue weighted by molar-refractivity contribution is 9.10. The van der Waals surface area contributed by atoms with Crippen molar-refractivity contribution in [1.29, 1.82) is 5.26 Å². The standard InChI is InChI=1S/C7H3BrClN5/c8-5-1-4(2-10)7(9)13-6(5)3-12-14-11/h1H,3H2. The van der Waals surface area contributed by atoms with Crippen LogP contribution in [0.2, 0.25) is 5.15 Å². The van der Waals surface area contributed by atoms with E-state index in [2.05, 4.69) is 30.9 Å². The zero-order chi connectivity index (χ0) is 10.6. The van der Waals surface area contributed by atoms with Gasteiger partial charge in [0.2, 0.25) is 0 Å². The van der Waals surface area contributed by atoms with Gasteiger partial charge in [-0.15, -0.1) is 0 Å². The lowest BCUT2D eigenvalue weighted by Gasteiger charge is -2.01. The van der Waals surface area contributed by atoms with E-state index in [1.54, 1.807) is 0 Å². The highest BCUT2D eigenvalue weighted by Gasteiger charge is 2.07. The van der Waals surface area contributed by atoms with Gasteiger partial charge in [-0.2, -0.15) is 5.26 Å². The summed E-state index contributed by atoms with van der Waals surface area (Å²) in [6, 6.07) is 3.43. The van der Waals surface area contributed by atoms with E-state index in [9.17, 15) is 0 Å². The van der Waals surface area contributed by atoms with Crippen molar-refractivity contribution < 1.29 is 0 Å². The molecular weight excluding hydrogens is 269 g/mol. The molecule has 14 heavy (non-hydrogen) atoms. The van der Waals surface area contributed by atoms with Crippen LogP contribution in [-0.2, 0) is 6.54 Å². The van der Waals surface area contributed by atoms with Gasteiger partial charge >= 0.3 is 0 Å². The molecule has 0 saturated carbocycles. The fraction of sp³-hybridized carbons (Fsp3) is 0.143. The summed E-state index contributed by atoms with van der Waals surface area (Å²) in [4.78, 5) is 6.51. The quantitative estimate of drug-likeness (QED) is 0.358. The van der Waals surface area contributed by atoms with Crippen LogP contribution in [0.5, 0.6) is 0 Å². The Morgan fingerprint density at radius 2 is 2.50 bits per heavy atom. The second kappa shape index (κ2) is 4.82. The van der Waals surface area contributed by atoms with Crippen LogP contribution in [0.3, 0.4) is 0 Å². The van der Waals surface area contributed by atoms with Gasteiger partial charge in [-0.1, -0.05) is 16.7 Å². The first kappa shape index (κ1) is 10.8. The lowest BCUT2D eigenvalue weighted by molar-refractivity contribution is 0.964. The molecule has 0 aliphatic rings. The minimum atomic E-state index is 0.0997. The molecule has 5 nitrogen and oxygen atoms in total. The molecule has 7 heteroatoms. The maximum Gasteiger partial charge on any atom is 0.147 e. The molecule has 0 fully saturated rings. The first-order chi connectivity index (χ1) is 6.69. The fourth-order valence-corrected chi connectivity index (χ4v) is 1.43. The Balaban J connectivity index is 3.16. The van der Waals surface area contributed by atoms with Crippen molar-refractivity contribution in [3.05, 3.63) is 37.4 Å². The summed E-state index contributed by atoms with van der Waals surface area (Å²) in [5, 5.41) is 12.1. The number of nitrogens with zero attached hydrogens (tertiary/aromatic N) is 5. The second-order valence-electron chi connectivity index (χ2n) is 2.26. The van der Waals surface area contributed by atoms with Gasteiger partial charge in [-0.25, -0.2) is 4.98 Å². The number of hydrogen-bond acceptors (Lipinski definition) is 3. The molecule has 0 aliphatic heterocycles. The van der Waals surface area contributed by atoms with E-state index in [1.807, 2.05) is 6.07 Å². The van der Waals surface area contributed by atoms with E-state index in [-0.39, 0.29) is 17.3 Å². The second-order valence-corrected chi connectivity index (χ2v) is 3.47. The van der Waals surface area contributed by atoms with Crippen LogP contribution < -0.4 is 0 Å². The Bertz CT molecular complexity index is 446. The van der Waals surface area contributed by atoms with Gasteiger partial charge in [0.05, 0.1) is 17.8 Å². The molecule has 0 spiro atoms. The Kier molecular flexibility index (Phi) is 3.72. The van der Waals surface area contributed by atoms with Gasteiger partial charge in [0.15, 0.2) is 0 Å². The predicted octanol–water partition coefficient (Wildman–Crippen LogP) is 3.18. The summed E-state index contributed by atoms with van der Waals surface area (Å²) in [6.07, 6.45) is 0. The van der Waals surface area contributed by atoms with Gasteiger partial charge < -0.3 is 0 Å². The lowest BCUT2D eigenvalue weighted by Crippen LogP contribution is -1.92. The van der Waals surface area contributed by atoms with Crippen molar-refractivity contribution in [3.8, 4) is 6.07 Å². The number of hydrogen-bond donors (Lipinski definition) is 0. The third kappa shape index (κ3) is 2.36. The van der Waals surface area contributed by atoms with Gasteiger partial charge in [-0.3, -0.25) is 0 Å². The summed E-state index contributed by atoms with van der Waals surface area (Å²) in [5.41, 5.74) is 8.91. The van der Waals surface area contributed by atoms with Gasteiger partial charge in [-0.05, 0) is 27.5 Å². The van der Waals surface area contributed by atoms with Crippen LogP contribution in [-0.4, -0.2) is 4.98 Å². The predicted molar refractivity (Wildman–Crippen MR) is 54.5 cm³/mol. The Morgan fingerprint density at radius 1 is 1.79 bits per heavy atom. The molecule has 0 amide bonds. The molecule has 0 N–H and O–H groups in total. The SMILES string of the molecule is N#Cc1cc(Br)c(CN=[N+]=[N-])nc1Cl. The highest BCUT2D eigenvalue weighted by atomic mass is 79.9. The molecule has 70 valence electrons. The molecule has 0 saturated heterocycles. The van der Waals surface area contributed by atoms with E-state index < -0.39 is 0 Å². The van der Waals surface area contributed by atoms with Crippen LogP contribution in [0.4, 0.5) is 0 Å². The molecule has 0 aromatic carbocycles. The zero-order valence-electron chi connectivity index (χ0n) is 6.78. The summed E-state index contributed by atoms with van der Waals surface area (Å²) >= 11 is 8.89. The minimum Gasteiger partial charge on any atom is -0.238 e. The van der Waals surface area contributed by atoms with Gasteiger partial charge in [0.1, 0.15) is 11.2 Å². The van der Waals surface area contributed by atoms with Crippen molar-refractivity contribution in [2.75, 3.05) is 0 Å². The third-order valence-corrected chi connectivity index (χ3v) is 2.38. The third-order valence-electron chi connectivity index (χ3n) is 1.41. The van der Waals surface area contributed by atoms with Gasteiger partial charge in [0.25, 0.3) is 0 Å². The molecule has 0 aliphatic carbocycles. The molecule has 1 rings (SSSR count). The van der Waals surface area contributed by atoms with E-state index in [4.69, 9.17) is 22.4 Å². The lowest BCUT2D eigenvalue weighted by atomic mass is 10.2. The van der Waals surface area contributed by atoms with E-state index in [1.165, 1.54) is 6.07 Å². The molecule has 1 aromatic heterocycles. The van der Waals surface area contributed by atoms with E-state index >= 15 is 0 Å². The van der Waals surface area contributed by atoms with Gasteiger partial charge in [0, 0.05) is 9.38 Å². The summed E-state index contributed by atoms with van der Waals surface area (Å²) in [7, 11) is 0. The Morgan fingerprint density at radius 3 is 3.07 bits per heavy atom. The number of pyridine rings is 1. The van der Waals surface area contributed by atoms with E-state index in [0.29, 0.717) is 10.2 Å². The monoisotopic (exact) mass is 271 g/mol. The first-order valence-corrected chi connectivity index (χ1v) is 4.62. The number of halogens is 2. The molecule has 0 bridgehead atoms. The number of azide groups is 1. The molecule has 0 unspecified atom stereocenters. The van der Waals surface area contributed by atoms with Crippen LogP contribution in [0.1, 0.15) is 11.3 Å². The number of nitriles is 1. The highest BCUT2D eigenvalue weighted by Crippen LogP contribution is 2.22. The van der Waals surface area contributed by atoms with Crippen LogP contribution in [0.25, 0.3) is 10.4 Å². The molecule has 0 radical (unpaired) electrons. The number of rotatable bonds is 2. The normalized spacial score (nSPS) is 8.93. The Hall–Kier alpha value is -1.28. The minimum absolute atomic E-state index is 0.0997. The van der Waals surface area contributed by atoms with Crippen molar-refractivity contribution in [2.24, 2.45) is 5.11 Å². The van der Waals surface area contributed by atoms with Crippen LogP contribution >= 0.6 is 27.5 Å². The van der Waals surface area contributed by atoms with Crippen molar-refractivity contribution in [2.45, 2.75) is 6.54 Å². The molecule has 0 atom stereocenters. The molecular formula is C7H3BrClN5. The largest absolute Gasteiger partial charge is 0.238 e. The average molecular weight is 272 g/mol. The maximum absolute atomic E-state index is 8.63. The topological polar surface area (TPSA) is 85.4 Å². The summed E-state index contributed by atoms with van der Waals surface area (Å²) in [6.45, 7) is 0.0997. The fourth-order valence-electron chi connectivity index (χ4n) is 0.790. The van der Waals surface area contributed by atoms with Crippen molar-refractivity contribution >= 4 is 27.5 Å². The summed E-state index contributed by atoms with van der Waals surface area (Å²) in [5.74, 6) is 0. The maximum atomic E-state index is 8.63. The van der Waals surface area contributed by atoms with Crippen LogP contribution in [0.15, 0.2) is 15.7 Å². The summed E-state index contributed by atoms with van der Waals surface area (Å²) < 4.78 is 0.603. The number of aromatic nitrogens is 1. The molecule has 1 heterocycles. The van der Waals surface area contributed by atoms with E-state index in [0.717, 1.165) is 0 Å². The molecule has 1 aromatic rings. The first-order valence-electron chi connectivity index (χ1n) is 3.45. The smallest absolute Gasteiger partial charge is 0.147 e. The van der Waals surface area contributed by atoms with Crippen molar-refractivity contribution in [1.82, 2.24) is 4.98 Å². The zero-order valence-corrected chi connectivity index (χ0v) is 9.12. The Labute approximate surface area is 93.1 Å². The van der Waals surface area contributed by atoms with Crippen LogP contribution in [0, 0.1) is 11.3 Å².